The van der Waals surface area contributed by atoms with Gasteiger partial charge >= 0.3 is 0 Å². The number of aliphatic hydroxyl groups is 1. The van der Waals surface area contributed by atoms with Crippen molar-refractivity contribution >= 4 is 5.91 Å². The minimum Gasteiger partial charge on any atom is -0.457 e. The first kappa shape index (κ1) is 13.0. The lowest BCUT2D eigenvalue weighted by Gasteiger charge is -2.10. The summed E-state index contributed by atoms with van der Waals surface area (Å²) in [5.74, 6) is -0.734. The van der Waals surface area contributed by atoms with Crippen molar-refractivity contribution < 1.29 is 19.0 Å². The van der Waals surface area contributed by atoms with E-state index >= 15 is 0 Å². The average molecular weight is 261 g/mol. The molecule has 0 fully saturated rings. The molecule has 0 atom stereocenters. The monoisotopic (exact) mass is 261 g/mol. The zero-order valence-corrected chi connectivity index (χ0v) is 9.97. The van der Waals surface area contributed by atoms with Gasteiger partial charge in [0, 0.05) is 0 Å². The highest BCUT2D eigenvalue weighted by atomic mass is 19.1. The number of hydrogen-bond donors (Lipinski definition) is 2. The normalized spacial score (nSPS) is 10.2. The number of halogens is 1. The van der Waals surface area contributed by atoms with Crippen LogP contribution < -0.4 is 10.5 Å². The highest BCUT2D eigenvalue weighted by Gasteiger charge is 2.11. The number of carbonyl (C=O) groups is 1. The number of nitrogens with two attached hydrogens (primary N) is 1. The molecule has 19 heavy (non-hydrogen) atoms. The van der Waals surface area contributed by atoms with E-state index in [4.69, 9.17) is 15.6 Å². The van der Waals surface area contributed by atoms with Crippen molar-refractivity contribution in [3.8, 4) is 11.5 Å². The van der Waals surface area contributed by atoms with Gasteiger partial charge in [0.2, 0.25) is 0 Å². The summed E-state index contributed by atoms with van der Waals surface area (Å²) in [6, 6.07) is 10.2. The number of ether oxygens (including phenoxy) is 1. The quantitative estimate of drug-likeness (QED) is 0.886. The first-order valence-corrected chi connectivity index (χ1v) is 5.57. The van der Waals surface area contributed by atoms with Crippen LogP contribution in [-0.2, 0) is 6.61 Å². The summed E-state index contributed by atoms with van der Waals surface area (Å²) >= 11 is 0. The van der Waals surface area contributed by atoms with Crippen LogP contribution in [0.2, 0.25) is 0 Å². The van der Waals surface area contributed by atoms with Crippen LogP contribution in [0.1, 0.15) is 15.9 Å². The predicted molar refractivity (Wildman–Crippen MR) is 67.4 cm³/mol. The summed E-state index contributed by atoms with van der Waals surface area (Å²) in [5, 5.41) is 9.03. The van der Waals surface area contributed by atoms with E-state index in [0.717, 1.165) is 6.07 Å². The molecule has 98 valence electrons. The van der Waals surface area contributed by atoms with Gasteiger partial charge < -0.3 is 15.6 Å². The molecular weight excluding hydrogens is 249 g/mol. The van der Waals surface area contributed by atoms with Crippen molar-refractivity contribution in [2.45, 2.75) is 6.61 Å². The molecular formula is C14H12FNO3. The van der Waals surface area contributed by atoms with Crippen LogP contribution in [0.25, 0.3) is 0 Å². The molecule has 0 bridgehead atoms. The zero-order chi connectivity index (χ0) is 13.8. The van der Waals surface area contributed by atoms with Crippen molar-refractivity contribution in [2.75, 3.05) is 0 Å². The van der Waals surface area contributed by atoms with E-state index in [-0.39, 0.29) is 17.9 Å². The minimum atomic E-state index is -0.771. The van der Waals surface area contributed by atoms with E-state index in [0.29, 0.717) is 11.3 Å². The van der Waals surface area contributed by atoms with Gasteiger partial charge in [-0.25, -0.2) is 4.39 Å². The van der Waals surface area contributed by atoms with Crippen LogP contribution in [0, 0.1) is 5.82 Å². The Labute approximate surface area is 109 Å². The fourth-order valence-electron chi connectivity index (χ4n) is 1.62. The number of primary amides is 1. The van der Waals surface area contributed by atoms with Gasteiger partial charge in [0.25, 0.3) is 5.91 Å². The van der Waals surface area contributed by atoms with E-state index in [1.54, 1.807) is 24.3 Å². The third kappa shape index (κ3) is 3.08. The Morgan fingerprint density at radius 2 is 2.05 bits per heavy atom. The molecule has 0 aliphatic rings. The molecule has 0 aliphatic heterocycles. The Balaban J connectivity index is 2.34. The summed E-state index contributed by atoms with van der Waals surface area (Å²) in [7, 11) is 0. The van der Waals surface area contributed by atoms with Crippen molar-refractivity contribution in [2.24, 2.45) is 5.73 Å². The standard InChI is InChI=1S/C14H12FNO3/c15-10-4-5-13(12(7-10)14(16)18)19-11-3-1-2-9(6-11)8-17/h1-7,17H,8H2,(H2,16,18). The van der Waals surface area contributed by atoms with Crippen LogP contribution >= 0.6 is 0 Å². The molecule has 0 spiro atoms. The van der Waals surface area contributed by atoms with Crippen LogP contribution in [0.15, 0.2) is 42.5 Å². The maximum atomic E-state index is 13.1. The van der Waals surface area contributed by atoms with E-state index in [1.807, 2.05) is 0 Å². The van der Waals surface area contributed by atoms with Gasteiger partial charge in [0.1, 0.15) is 17.3 Å². The SMILES string of the molecule is NC(=O)c1cc(F)ccc1Oc1cccc(CO)c1. The second kappa shape index (κ2) is 5.49. The first-order chi connectivity index (χ1) is 9.10. The molecule has 4 nitrogen and oxygen atoms in total. The number of aliphatic hydroxyl groups excluding tert-OH is 1. The van der Waals surface area contributed by atoms with Crippen molar-refractivity contribution in [3.63, 3.8) is 0 Å². The zero-order valence-electron chi connectivity index (χ0n) is 9.97. The molecule has 0 saturated heterocycles. The Morgan fingerprint density at radius 3 is 2.74 bits per heavy atom. The maximum Gasteiger partial charge on any atom is 0.252 e. The topological polar surface area (TPSA) is 72.6 Å². The fourth-order valence-corrected chi connectivity index (χ4v) is 1.62. The summed E-state index contributed by atoms with van der Waals surface area (Å²) in [6.45, 7) is -0.122. The highest BCUT2D eigenvalue weighted by Crippen LogP contribution is 2.26. The van der Waals surface area contributed by atoms with E-state index in [9.17, 15) is 9.18 Å². The smallest absolute Gasteiger partial charge is 0.252 e. The molecule has 0 heterocycles. The summed E-state index contributed by atoms with van der Waals surface area (Å²) in [6.07, 6.45) is 0. The lowest BCUT2D eigenvalue weighted by atomic mass is 10.2. The summed E-state index contributed by atoms with van der Waals surface area (Å²) in [4.78, 5) is 11.2. The largest absolute Gasteiger partial charge is 0.457 e. The van der Waals surface area contributed by atoms with Gasteiger partial charge in [0.15, 0.2) is 0 Å². The van der Waals surface area contributed by atoms with Crippen molar-refractivity contribution in [3.05, 3.63) is 59.4 Å². The molecule has 0 unspecified atom stereocenters. The van der Waals surface area contributed by atoms with Crippen LogP contribution in [0.5, 0.6) is 11.5 Å². The van der Waals surface area contributed by atoms with Crippen molar-refractivity contribution in [1.82, 2.24) is 0 Å². The number of rotatable bonds is 4. The maximum absolute atomic E-state index is 13.1. The number of carbonyl (C=O) groups excluding carboxylic acids is 1. The van der Waals surface area contributed by atoms with Gasteiger partial charge in [-0.1, -0.05) is 12.1 Å². The molecule has 3 N–H and O–H groups in total. The number of amides is 1. The minimum absolute atomic E-state index is 0.0330. The van der Waals surface area contributed by atoms with Crippen molar-refractivity contribution in [1.29, 1.82) is 0 Å². The number of benzene rings is 2. The third-order valence-corrected chi connectivity index (χ3v) is 2.52. The molecule has 0 aliphatic carbocycles. The molecule has 2 rings (SSSR count). The summed E-state index contributed by atoms with van der Waals surface area (Å²) in [5.41, 5.74) is 5.80. The Hall–Kier alpha value is -2.40. The Bertz CT molecular complexity index is 613. The second-order valence-electron chi connectivity index (χ2n) is 3.91. The number of hydrogen-bond acceptors (Lipinski definition) is 3. The van der Waals surface area contributed by atoms with Gasteiger partial charge in [-0.15, -0.1) is 0 Å². The molecule has 2 aromatic carbocycles. The van der Waals surface area contributed by atoms with Gasteiger partial charge in [-0.05, 0) is 35.9 Å². The van der Waals surface area contributed by atoms with E-state index in [2.05, 4.69) is 0 Å². The van der Waals surface area contributed by atoms with Gasteiger partial charge in [0.05, 0.1) is 12.2 Å². The lowest BCUT2D eigenvalue weighted by molar-refractivity contribution is 0.0997. The third-order valence-electron chi connectivity index (χ3n) is 2.52. The molecule has 0 saturated carbocycles. The average Bonchev–Trinajstić information content (AvgIpc) is 2.41. The fraction of sp³-hybridized carbons (Fsp3) is 0.0714. The lowest BCUT2D eigenvalue weighted by Crippen LogP contribution is -2.12. The second-order valence-corrected chi connectivity index (χ2v) is 3.91. The van der Waals surface area contributed by atoms with Gasteiger partial charge in [-0.2, -0.15) is 0 Å². The molecule has 0 aromatic heterocycles. The Morgan fingerprint density at radius 1 is 1.26 bits per heavy atom. The van der Waals surface area contributed by atoms with Crippen LogP contribution in [0.4, 0.5) is 4.39 Å². The van der Waals surface area contributed by atoms with Crippen LogP contribution in [-0.4, -0.2) is 11.0 Å². The molecule has 0 radical (unpaired) electrons. The molecule has 2 aromatic rings. The summed E-state index contributed by atoms with van der Waals surface area (Å²) < 4.78 is 18.6. The predicted octanol–water partition coefficient (Wildman–Crippen LogP) is 2.21. The highest BCUT2D eigenvalue weighted by molar-refractivity contribution is 5.95. The first-order valence-electron chi connectivity index (χ1n) is 5.57. The van der Waals surface area contributed by atoms with E-state index < -0.39 is 11.7 Å². The Kier molecular flexibility index (Phi) is 3.77. The molecule has 5 heteroatoms. The van der Waals surface area contributed by atoms with E-state index in [1.165, 1.54) is 12.1 Å². The van der Waals surface area contributed by atoms with Crippen LogP contribution in [0.3, 0.4) is 0 Å². The van der Waals surface area contributed by atoms with Gasteiger partial charge in [-0.3, -0.25) is 4.79 Å². The molecule has 1 amide bonds.